The van der Waals surface area contributed by atoms with E-state index in [1.165, 1.54) is 25.0 Å². The highest BCUT2D eigenvalue weighted by Crippen LogP contribution is 2.49. The first-order chi connectivity index (χ1) is 12.7. The van der Waals surface area contributed by atoms with Crippen LogP contribution in [0.15, 0.2) is 24.3 Å². The molecule has 4 heteroatoms. The molecule has 1 saturated heterocycles. The van der Waals surface area contributed by atoms with Crippen LogP contribution in [-0.4, -0.2) is 37.6 Å². The molecule has 1 saturated carbocycles. The zero-order chi connectivity index (χ0) is 19.2. The summed E-state index contributed by atoms with van der Waals surface area (Å²) in [5.41, 5.74) is 3.47. The Morgan fingerprint density at radius 3 is 2.32 bits per heavy atom. The molecular formula is C24H36ClFN2. The molecule has 28 heavy (non-hydrogen) atoms. The largest absolute Gasteiger partial charge is 0.368 e. The van der Waals surface area contributed by atoms with E-state index in [0.717, 1.165) is 56.2 Å². The van der Waals surface area contributed by atoms with Crippen LogP contribution in [-0.2, 0) is 0 Å². The maximum absolute atomic E-state index is 15.1. The molecule has 0 bridgehead atoms. The predicted octanol–water partition coefficient (Wildman–Crippen LogP) is 6.01. The van der Waals surface area contributed by atoms with Crippen LogP contribution >= 0.6 is 12.4 Å². The zero-order valence-corrected chi connectivity index (χ0v) is 18.7. The van der Waals surface area contributed by atoms with Crippen molar-refractivity contribution in [3.8, 4) is 0 Å². The van der Waals surface area contributed by atoms with Crippen LogP contribution in [0.4, 0.5) is 10.1 Å². The Hall–Kier alpha value is -1.06. The lowest BCUT2D eigenvalue weighted by molar-refractivity contribution is 0.228. The van der Waals surface area contributed by atoms with Gasteiger partial charge in [-0.15, -0.1) is 12.4 Å². The lowest BCUT2D eigenvalue weighted by atomic mass is 9.65. The molecule has 156 valence electrons. The fourth-order valence-corrected chi connectivity index (χ4v) is 5.48. The maximum atomic E-state index is 15.1. The Labute approximate surface area is 176 Å². The third-order valence-corrected chi connectivity index (χ3v) is 6.41. The molecule has 0 spiro atoms. The first-order valence-electron chi connectivity index (χ1n) is 10.7. The summed E-state index contributed by atoms with van der Waals surface area (Å²) in [5.74, 6) is 0.880. The van der Waals surface area contributed by atoms with Gasteiger partial charge in [-0.3, -0.25) is 4.90 Å². The van der Waals surface area contributed by atoms with Gasteiger partial charge in [0.25, 0.3) is 0 Å². The van der Waals surface area contributed by atoms with Crippen LogP contribution < -0.4 is 4.90 Å². The van der Waals surface area contributed by atoms with E-state index in [1.807, 2.05) is 6.07 Å². The molecule has 2 fully saturated rings. The van der Waals surface area contributed by atoms with Gasteiger partial charge in [-0.2, -0.15) is 0 Å². The zero-order valence-electron chi connectivity index (χ0n) is 17.9. The molecular weight excluding hydrogens is 371 g/mol. The molecule has 4 rings (SSSR count). The highest BCUT2D eigenvalue weighted by Gasteiger charge is 2.35. The first kappa shape index (κ1) is 21.6. The maximum Gasteiger partial charge on any atom is 0.132 e. The molecule has 3 aliphatic rings. The summed E-state index contributed by atoms with van der Waals surface area (Å²) < 4.78 is 15.1. The fraction of sp³-hybridized carbons (Fsp3) is 0.667. The predicted molar refractivity (Wildman–Crippen MR) is 120 cm³/mol. The second-order valence-electron chi connectivity index (χ2n) is 10.5. The molecule has 0 radical (unpaired) electrons. The van der Waals surface area contributed by atoms with Crippen molar-refractivity contribution in [2.24, 2.45) is 16.7 Å². The Kier molecular flexibility index (Phi) is 6.18. The van der Waals surface area contributed by atoms with E-state index in [1.54, 1.807) is 6.07 Å². The lowest BCUT2D eigenvalue weighted by Crippen LogP contribution is -2.47. The number of allylic oxidation sites excluding steroid dienone is 2. The summed E-state index contributed by atoms with van der Waals surface area (Å²) in [6.07, 6.45) is 7.25. The van der Waals surface area contributed by atoms with E-state index in [0.29, 0.717) is 0 Å². The smallest absolute Gasteiger partial charge is 0.132 e. The Morgan fingerprint density at radius 2 is 1.71 bits per heavy atom. The second-order valence-corrected chi connectivity index (χ2v) is 10.5. The van der Waals surface area contributed by atoms with Crippen molar-refractivity contribution in [3.63, 3.8) is 0 Å². The normalized spacial score (nSPS) is 24.5. The van der Waals surface area contributed by atoms with Gasteiger partial charge in [0.05, 0.1) is 0 Å². The topological polar surface area (TPSA) is 6.48 Å². The van der Waals surface area contributed by atoms with Crippen molar-refractivity contribution in [1.82, 2.24) is 4.90 Å². The van der Waals surface area contributed by atoms with Crippen LogP contribution in [0.25, 0.3) is 5.57 Å². The van der Waals surface area contributed by atoms with Gasteiger partial charge in [-0.25, -0.2) is 4.39 Å². The van der Waals surface area contributed by atoms with E-state index in [-0.39, 0.29) is 29.1 Å². The van der Waals surface area contributed by atoms with Crippen molar-refractivity contribution in [2.45, 2.75) is 53.4 Å². The minimum Gasteiger partial charge on any atom is -0.368 e. The highest BCUT2D eigenvalue weighted by molar-refractivity contribution is 5.85. The summed E-state index contributed by atoms with van der Waals surface area (Å²) in [5, 5.41) is 0. The molecule has 1 aliphatic heterocycles. The summed E-state index contributed by atoms with van der Waals surface area (Å²) in [7, 11) is 0. The van der Waals surface area contributed by atoms with Gasteiger partial charge in [0, 0.05) is 44.0 Å². The molecule has 2 nitrogen and oxygen atoms in total. The third kappa shape index (κ3) is 4.91. The van der Waals surface area contributed by atoms with Gasteiger partial charge in [0.1, 0.15) is 5.82 Å². The molecule has 1 aromatic carbocycles. The number of nitrogens with zero attached hydrogens (tertiary/aromatic N) is 2. The Bertz CT molecular complexity index is 728. The van der Waals surface area contributed by atoms with Crippen LogP contribution in [0.5, 0.6) is 0 Å². The van der Waals surface area contributed by atoms with E-state index in [9.17, 15) is 0 Å². The number of piperazine rings is 1. The fourth-order valence-electron chi connectivity index (χ4n) is 5.48. The molecule has 2 aliphatic carbocycles. The SMILES string of the molecule is CC1(C)C=C(c2c(F)cccc2N2CCN(CC3CC3)CC2)CC(C)(C)C1.Cl. The van der Waals surface area contributed by atoms with Gasteiger partial charge in [-0.1, -0.05) is 39.8 Å². The Morgan fingerprint density at radius 1 is 1.04 bits per heavy atom. The number of hydrogen-bond donors (Lipinski definition) is 0. The molecule has 0 amide bonds. The molecule has 1 aromatic rings. The summed E-state index contributed by atoms with van der Waals surface area (Å²) in [6.45, 7) is 14.7. The third-order valence-electron chi connectivity index (χ3n) is 6.41. The van der Waals surface area contributed by atoms with Crippen molar-refractivity contribution in [1.29, 1.82) is 0 Å². The minimum atomic E-state index is -0.0624. The Balaban J connectivity index is 0.00000225. The van der Waals surface area contributed by atoms with Gasteiger partial charge in [0.15, 0.2) is 0 Å². The van der Waals surface area contributed by atoms with Crippen molar-refractivity contribution in [2.75, 3.05) is 37.6 Å². The molecule has 0 unspecified atom stereocenters. The van der Waals surface area contributed by atoms with Gasteiger partial charge in [-0.05, 0) is 60.1 Å². The minimum absolute atomic E-state index is 0. The van der Waals surface area contributed by atoms with E-state index < -0.39 is 0 Å². The van der Waals surface area contributed by atoms with Gasteiger partial charge < -0.3 is 4.90 Å². The van der Waals surface area contributed by atoms with Crippen molar-refractivity contribution >= 4 is 23.7 Å². The molecule has 0 aromatic heterocycles. The van der Waals surface area contributed by atoms with Crippen molar-refractivity contribution in [3.05, 3.63) is 35.7 Å². The van der Waals surface area contributed by atoms with Crippen LogP contribution in [0.1, 0.15) is 58.9 Å². The highest BCUT2D eigenvalue weighted by atomic mass is 35.5. The average Bonchev–Trinajstić information content (AvgIpc) is 3.36. The average molecular weight is 407 g/mol. The van der Waals surface area contributed by atoms with Gasteiger partial charge in [0.2, 0.25) is 0 Å². The molecule has 0 N–H and O–H groups in total. The number of benzene rings is 1. The summed E-state index contributed by atoms with van der Waals surface area (Å²) >= 11 is 0. The van der Waals surface area contributed by atoms with Crippen molar-refractivity contribution < 1.29 is 4.39 Å². The quantitative estimate of drug-likeness (QED) is 0.604. The standard InChI is InChI=1S/C24H35FN2.ClH/c1-23(2)14-19(15-24(3,4)17-23)22-20(25)6-5-7-21(22)27-12-10-26(11-13-27)16-18-8-9-18;/h5-7,14,18H,8-13,15-17H2,1-4H3;1H. The lowest BCUT2D eigenvalue weighted by Gasteiger charge is -2.41. The van der Waals surface area contributed by atoms with Crippen LogP contribution in [0, 0.1) is 22.6 Å². The second kappa shape index (κ2) is 7.99. The van der Waals surface area contributed by atoms with E-state index in [2.05, 4.69) is 49.6 Å². The number of halogens is 2. The van der Waals surface area contributed by atoms with Gasteiger partial charge >= 0.3 is 0 Å². The monoisotopic (exact) mass is 406 g/mol. The number of rotatable bonds is 4. The number of hydrogen-bond acceptors (Lipinski definition) is 2. The summed E-state index contributed by atoms with van der Waals surface area (Å²) in [4.78, 5) is 5.01. The molecule has 1 heterocycles. The van der Waals surface area contributed by atoms with Crippen LogP contribution in [0.2, 0.25) is 0 Å². The van der Waals surface area contributed by atoms with Crippen LogP contribution in [0.3, 0.4) is 0 Å². The molecule has 0 atom stereocenters. The first-order valence-corrected chi connectivity index (χ1v) is 10.7. The van der Waals surface area contributed by atoms with E-state index in [4.69, 9.17) is 0 Å². The number of anilines is 1. The van der Waals surface area contributed by atoms with E-state index >= 15 is 4.39 Å². The summed E-state index contributed by atoms with van der Waals surface area (Å²) in [6, 6.07) is 5.65.